The number of para-hydroxylation sites is 1. The summed E-state index contributed by atoms with van der Waals surface area (Å²) in [4.78, 5) is 13.3. The Balaban J connectivity index is 2.34. The quantitative estimate of drug-likeness (QED) is 0.483. The van der Waals surface area contributed by atoms with Crippen LogP contribution >= 0.6 is 0 Å². The van der Waals surface area contributed by atoms with Gasteiger partial charge in [-0.3, -0.25) is 4.79 Å². The maximum absolute atomic E-state index is 11.6. The van der Waals surface area contributed by atoms with Crippen molar-refractivity contribution < 1.29 is 4.79 Å². The van der Waals surface area contributed by atoms with Crippen molar-refractivity contribution in [3.05, 3.63) is 48.2 Å². The van der Waals surface area contributed by atoms with Crippen LogP contribution in [0.15, 0.2) is 42.7 Å². The lowest BCUT2D eigenvalue weighted by atomic mass is 10.2. The molecule has 14 heavy (non-hydrogen) atoms. The normalized spacial score (nSPS) is 13.3. The van der Waals surface area contributed by atoms with E-state index in [1.54, 1.807) is 4.90 Å². The molecule has 1 amide bonds. The molecule has 1 aliphatic heterocycles. The monoisotopic (exact) mass is 185 g/mol. The van der Waals surface area contributed by atoms with E-state index in [9.17, 15) is 4.79 Å². The van der Waals surface area contributed by atoms with Gasteiger partial charge in [-0.05, 0) is 18.1 Å². The summed E-state index contributed by atoms with van der Waals surface area (Å²) in [5, 5.41) is 0. The number of benzene rings is 1. The summed E-state index contributed by atoms with van der Waals surface area (Å²) in [6, 6.07) is 7.97. The van der Waals surface area contributed by atoms with Gasteiger partial charge in [0, 0.05) is 18.3 Å². The largest absolute Gasteiger partial charge is 0.308 e. The number of anilines is 1. The maximum atomic E-state index is 11.6. The first kappa shape index (κ1) is 8.79. The molecule has 0 saturated carbocycles. The number of carbonyl (C=O) groups excluding carboxylic acids is 1. The first-order chi connectivity index (χ1) is 6.83. The number of hydrogen-bond acceptors (Lipinski definition) is 1. The van der Waals surface area contributed by atoms with Crippen LogP contribution in [0, 0.1) is 0 Å². The Morgan fingerprint density at radius 1 is 1.50 bits per heavy atom. The highest BCUT2D eigenvalue weighted by molar-refractivity contribution is 6.02. The molecule has 0 atom stereocenters. The highest BCUT2D eigenvalue weighted by atomic mass is 16.2. The molecule has 0 saturated heterocycles. The van der Waals surface area contributed by atoms with Crippen LogP contribution in [0.3, 0.4) is 0 Å². The zero-order valence-corrected chi connectivity index (χ0v) is 7.86. The Labute approximate surface area is 83.2 Å². The van der Waals surface area contributed by atoms with Crippen LogP contribution in [-0.4, -0.2) is 12.5 Å². The van der Waals surface area contributed by atoms with Crippen LogP contribution in [0.2, 0.25) is 0 Å². The summed E-state index contributed by atoms with van der Waals surface area (Å²) in [5.41, 5.74) is 4.76. The molecule has 0 aliphatic carbocycles. The summed E-state index contributed by atoms with van der Waals surface area (Å²) in [7, 11) is 0. The number of rotatable bonds is 1. The minimum atomic E-state index is -0.0371. The molecule has 2 rings (SSSR count). The summed E-state index contributed by atoms with van der Waals surface area (Å²) in [6.45, 7) is 4.16. The second-order valence-corrected chi connectivity index (χ2v) is 3.22. The molecule has 70 valence electrons. The fourth-order valence-corrected chi connectivity index (χ4v) is 1.73. The molecule has 0 fully saturated rings. The lowest BCUT2D eigenvalue weighted by Crippen LogP contribution is -2.26. The highest BCUT2D eigenvalue weighted by Gasteiger charge is 2.21. The molecule has 2 heteroatoms. The fraction of sp³-hybridized carbons (Fsp3) is 0.167. The van der Waals surface area contributed by atoms with Crippen molar-refractivity contribution in [3.63, 3.8) is 0 Å². The summed E-state index contributed by atoms with van der Waals surface area (Å²) < 4.78 is 0. The molecule has 1 heterocycles. The Kier molecular flexibility index (Phi) is 2.21. The van der Waals surface area contributed by atoms with Crippen molar-refractivity contribution in [2.24, 2.45) is 0 Å². The van der Waals surface area contributed by atoms with E-state index in [0.717, 1.165) is 18.7 Å². The Hall–Kier alpha value is -1.79. The molecule has 0 aromatic heterocycles. The first-order valence-corrected chi connectivity index (χ1v) is 4.58. The fourth-order valence-electron chi connectivity index (χ4n) is 1.73. The third-order valence-corrected chi connectivity index (χ3v) is 2.38. The summed E-state index contributed by atoms with van der Waals surface area (Å²) in [5.74, 6) is -0.0371. The van der Waals surface area contributed by atoms with Gasteiger partial charge in [0.2, 0.25) is 0 Å². The van der Waals surface area contributed by atoms with Crippen LogP contribution < -0.4 is 4.90 Å². The zero-order valence-electron chi connectivity index (χ0n) is 7.86. The lowest BCUT2D eigenvalue weighted by Gasteiger charge is -2.13. The van der Waals surface area contributed by atoms with Gasteiger partial charge in [0.25, 0.3) is 5.91 Å². The third kappa shape index (κ3) is 1.36. The van der Waals surface area contributed by atoms with Crippen molar-refractivity contribution in [1.82, 2.24) is 0 Å². The van der Waals surface area contributed by atoms with E-state index >= 15 is 0 Å². The molecule has 0 radical (unpaired) electrons. The Morgan fingerprint density at radius 3 is 3.07 bits per heavy atom. The topological polar surface area (TPSA) is 20.3 Å². The molecule has 2 nitrogen and oxygen atoms in total. The molecular weight excluding hydrogens is 174 g/mol. The molecule has 1 aromatic carbocycles. The van der Waals surface area contributed by atoms with E-state index in [1.807, 2.05) is 18.2 Å². The van der Waals surface area contributed by atoms with Crippen molar-refractivity contribution in [3.8, 4) is 0 Å². The minimum absolute atomic E-state index is 0.0371. The van der Waals surface area contributed by atoms with E-state index in [-0.39, 0.29) is 5.91 Å². The van der Waals surface area contributed by atoms with Gasteiger partial charge in [-0.2, -0.15) is 0 Å². The number of carbonyl (C=O) groups is 1. The van der Waals surface area contributed by atoms with Gasteiger partial charge in [0.05, 0.1) is 0 Å². The molecule has 0 unspecified atom stereocenters. The average molecular weight is 185 g/mol. The molecule has 1 aromatic rings. The van der Waals surface area contributed by atoms with E-state index in [4.69, 9.17) is 0 Å². The van der Waals surface area contributed by atoms with Crippen molar-refractivity contribution in [1.29, 1.82) is 0 Å². The van der Waals surface area contributed by atoms with Gasteiger partial charge in [-0.25, -0.2) is 0 Å². The minimum Gasteiger partial charge on any atom is -0.308 e. The standard InChI is InChI=1S/C12H11NO/c1-2-5-12(14)13-9-8-10-6-3-4-7-11(10)13/h3-7H,1,8-9H2. The second-order valence-electron chi connectivity index (χ2n) is 3.22. The highest BCUT2D eigenvalue weighted by Crippen LogP contribution is 2.27. The van der Waals surface area contributed by atoms with Gasteiger partial charge in [0.1, 0.15) is 0 Å². The Morgan fingerprint density at radius 2 is 2.29 bits per heavy atom. The summed E-state index contributed by atoms with van der Waals surface area (Å²) >= 11 is 0. The maximum Gasteiger partial charge on any atom is 0.258 e. The molecule has 1 aliphatic rings. The molecule has 0 bridgehead atoms. The average Bonchev–Trinajstić information content (AvgIpc) is 2.61. The predicted molar refractivity (Wildman–Crippen MR) is 56.2 cm³/mol. The van der Waals surface area contributed by atoms with Crippen molar-refractivity contribution >= 4 is 11.6 Å². The molecular formula is C12H11NO. The first-order valence-electron chi connectivity index (χ1n) is 4.58. The van der Waals surface area contributed by atoms with Crippen LogP contribution in [0.5, 0.6) is 0 Å². The van der Waals surface area contributed by atoms with Gasteiger partial charge in [0.15, 0.2) is 0 Å². The van der Waals surface area contributed by atoms with Gasteiger partial charge >= 0.3 is 0 Å². The van der Waals surface area contributed by atoms with Crippen molar-refractivity contribution in [2.45, 2.75) is 6.42 Å². The number of fused-ring (bicyclic) bond motifs is 1. The van der Waals surface area contributed by atoms with Gasteiger partial charge < -0.3 is 4.90 Å². The van der Waals surface area contributed by atoms with Gasteiger partial charge in [-0.15, -0.1) is 5.73 Å². The smallest absolute Gasteiger partial charge is 0.258 e. The van der Waals surface area contributed by atoms with Gasteiger partial charge in [-0.1, -0.05) is 24.8 Å². The lowest BCUT2D eigenvalue weighted by molar-refractivity contribution is -0.114. The van der Waals surface area contributed by atoms with Crippen molar-refractivity contribution in [2.75, 3.05) is 11.4 Å². The molecule has 0 N–H and O–H groups in total. The number of hydrogen-bond donors (Lipinski definition) is 0. The van der Waals surface area contributed by atoms with E-state index < -0.39 is 0 Å². The predicted octanol–water partition coefficient (Wildman–Crippen LogP) is 1.92. The van der Waals surface area contributed by atoms with E-state index in [2.05, 4.69) is 18.4 Å². The SMILES string of the molecule is C=C=CC(=O)N1CCc2ccccc21. The number of amides is 1. The van der Waals surface area contributed by atoms with Crippen LogP contribution in [0.4, 0.5) is 5.69 Å². The zero-order chi connectivity index (χ0) is 9.97. The van der Waals surface area contributed by atoms with Crippen LogP contribution in [0.25, 0.3) is 0 Å². The van der Waals surface area contributed by atoms with E-state index in [1.165, 1.54) is 11.6 Å². The summed E-state index contributed by atoms with van der Waals surface area (Å²) in [6.07, 6.45) is 2.31. The van der Waals surface area contributed by atoms with E-state index in [0.29, 0.717) is 0 Å². The third-order valence-electron chi connectivity index (χ3n) is 2.38. The number of nitrogens with zero attached hydrogens (tertiary/aromatic N) is 1. The molecule has 0 spiro atoms. The van der Waals surface area contributed by atoms with Crippen LogP contribution in [0.1, 0.15) is 5.56 Å². The second kappa shape index (κ2) is 3.52. The Bertz CT molecular complexity index is 416. The van der Waals surface area contributed by atoms with Crippen LogP contribution in [-0.2, 0) is 11.2 Å².